The zero-order valence-corrected chi connectivity index (χ0v) is 13.8. The maximum atomic E-state index is 12.9. The second kappa shape index (κ2) is 7.91. The normalized spacial score (nSPS) is 11.0. The van der Waals surface area contributed by atoms with E-state index in [1.54, 1.807) is 25.3 Å². The van der Waals surface area contributed by atoms with Crippen LogP contribution in [0.1, 0.15) is 50.9 Å². The maximum Gasteiger partial charge on any atom is 0.256 e. The number of amides is 1. The first-order valence-electron chi connectivity index (χ1n) is 7.68. The van der Waals surface area contributed by atoms with Crippen molar-refractivity contribution in [1.82, 2.24) is 4.90 Å². The molecule has 21 heavy (non-hydrogen) atoms. The number of nitrogens with two attached hydrogens (primary N) is 1. The number of hydrogen-bond acceptors (Lipinski definition) is 3. The molecule has 0 aliphatic carbocycles. The summed E-state index contributed by atoms with van der Waals surface area (Å²) in [6, 6.07) is 5.49. The van der Waals surface area contributed by atoms with Gasteiger partial charge >= 0.3 is 0 Å². The van der Waals surface area contributed by atoms with Gasteiger partial charge in [-0.2, -0.15) is 0 Å². The van der Waals surface area contributed by atoms with E-state index in [2.05, 4.69) is 27.7 Å². The molecular formula is C17H28N2O2. The molecule has 0 saturated carbocycles. The van der Waals surface area contributed by atoms with Crippen LogP contribution in [0.15, 0.2) is 18.2 Å². The largest absolute Gasteiger partial charge is 0.497 e. The Labute approximate surface area is 128 Å². The van der Waals surface area contributed by atoms with Crippen LogP contribution in [0.3, 0.4) is 0 Å². The molecular weight excluding hydrogens is 264 g/mol. The van der Waals surface area contributed by atoms with Crippen molar-refractivity contribution in [3.8, 4) is 5.75 Å². The highest BCUT2D eigenvalue weighted by molar-refractivity contribution is 5.99. The van der Waals surface area contributed by atoms with Gasteiger partial charge in [0.25, 0.3) is 5.91 Å². The Morgan fingerprint density at radius 2 is 1.90 bits per heavy atom. The molecule has 1 rings (SSSR count). The summed E-state index contributed by atoms with van der Waals surface area (Å²) in [5.41, 5.74) is 7.05. The highest BCUT2D eigenvalue weighted by Gasteiger charge is 2.24. The van der Waals surface area contributed by atoms with Crippen molar-refractivity contribution in [3.05, 3.63) is 23.8 Å². The highest BCUT2D eigenvalue weighted by atomic mass is 16.5. The smallest absolute Gasteiger partial charge is 0.256 e. The van der Waals surface area contributed by atoms with Gasteiger partial charge < -0.3 is 15.4 Å². The predicted molar refractivity (Wildman–Crippen MR) is 87.7 cm³/mol. The lowest BCUT2D eigenvalue weighted by atomic mass is 10.0. The van der Waals surface area contributed by atoms with Crippen molar-refractivity contribution in [2.45, 2.75) is 46.6 Å². The molecule has 0 radical (unpaired) electrons. The molecule has 0 heterocycles. The first kappa shape index (κ1) is 17.3. The second-order valence-corrected chi connectivity index (χ2v) is 5.77. The number of nitrogen functional groups attached to an aromatic ring is 1. The van der Waals surface area contributed by atoms with E-state index in [0.29, 0.717) is 22.9 Å². The van der Waals surface area contributed by atoms with E-state index in [0.717, 1.165) is 19.4 Å². The van der Waals surface area contributed by atoms with E-state index in [-0.39, 0.29) is 11.9 Å². The molecule has 1 aromatic rings. The van der Waals surface area contributed by atoms with Gasteiger partial charge in [0.05, 0.1) is 12.7 Å². The van der Waals surface area contributed by atoms with E-state index in [1.807, 2.05) is 4.90 Å². The molecule has 4 heteroatoms. The minimum atomic E-state index is 0.0116. The molecule has 0 aliphatic rings. The number of benzene rings is 1. The van der Waals surface area contributed by atoms with E-state index >= 15 is 0 Å². The number of nitrogens with zero attached hydrogens (tertiary/aromatic N) is 1. The maximum absolute atomic E-state index is 12.9. The van der Waals surface area contributed by atoms with Crippen LogP contribution in [-0.2, 0) is 0 Å². The van der Waals surface area contributed by atoms with E-state index in [9.17, 15) is 4.79 Å². The van der Waals surface area contributed by atoms with Crippen LogP contribution in [0, 0.1) is 5.92 Å². The summed E-state index contributed by atoms with van der Waals surface area (Å²) in [4.78, 5) is 14.8. The summed E-state index contributed by atoms with van der Waals surface area (Å²) >= 11 is 0. The van der Waals surface area contributed by atoms with Crippen LogP contribution < -0.4 is 10.5 Å². The van der Waals surface area contributed by atoms with E-state index in [4.69, 9.17) is 10.5 Å². The third-order valence-electron chi connectivity index (χ3n) is 3.70. The Bertz CT molecular complexity index is 468. The van der Waals surface area contributed by atoms with Crippen molar-refractivity contribution in [1.29, 1.82) is 0 Å². The lowest BCUT2D eigenvalue weighted by molar-refractivity contribution is 0.0641. The SMILES string of the molecule is CCC(CC)N(CC(C)C)C(=O)c1ccc(OC)cc1N. The van der Waals surface area contributed by atoms with Gasteiger partial charge in [-0.3, -0.25) is 4.79 Å². The number of carbonyl (C=O) groups excluding carboxylic acids is 1. The fraction of sp³-hybridized carbons (Fsp3) is 0.588. The molecule has 0 aromatic heterocycles. The summed E-state index contributed by atoms with van der Waals surface area (Å²) < 4.78 is 5.14. The Morgan fingerprint density at radius 1 is 1.29 bits per heavy atom. The summed E-state index contributed by atoms with van der Waals surface area (Å²) in [7, 11) is 1.59. The Hall–Kier alpha value is -1.71. The van der Waals surface area contributed by atoms with E-state index < -0.39 is 0 Å². The Balaban J connectivity index is 3.09. The number of anilines is 1. The van der Waals surface area contributed by atoms with Crippen molar-refractivity contribution in [2.75, 3.05) is 19.4 Å². The van der Waals surface area contributed by atoms with Crippen molar-refractivity contribution < 1.29 is 9.53 Å². The van der Waals surface area contributed by atoms with Crippen LogP contribution in [-0.4, -0.2) is 30.5 Å². The molecule has 0 fully saturated rings. The predicted octanol–water partition coefficient (Wildman–Crippen LogP) is 3.56. The summed E-state index contributed by atoms with van der Waals surface area (Å²) in [5, 5.41) is 0. The summed E-state index contributed by atoms with van der Waals surface area (Å²) in [6.07, 6.45) is 1.90. The number of hydrogen-bond donors (Lipinski definition) is 1. The first-order chi connectivity index (χ1) is 9.94. The molecule has 118 valence electrons. The second-order valence-electron chi connectivity index (χ2n) is 5.77. The van der Waals surface area contributed by atoms with Gasteiger partial charge in [-0.15, -0.1) is 0 Å². The van der Waals surface area contributed by atoms with Crippen LogP contribution in [0.25, 0.3) is 0 Å². The monoisotopic (exact) mass is 292 g/mol. The molecule has 0 spiro atoms. The molecule has 0 atom stereocenters. The van der Waals surface area contributed by atoms with Crippen LogP contribution >= 0.6 is 0 Å². The molecule has 0 saturated heterocycles. The molecule has 0 aliphatic heterocycles. The molecule has 4 nitrogen and oxygen atoms in total. The minimum absolute atomic E-state index is 0.0116. The lowest BCUT2D eigenvalue weighted by Crippen LogP contribution is -2.42. The average molecular weight is 292 g/mol. The first-order valence-corrected chi connectivity index (χ1v) is 7.68. The number of ether oxygens (including phenoxy) is 1. The van der Waals surface area contributed by atoms with Gasteiger partial charge in [-0.05, 0) is 30.9 Å². The van der Waals surface area contributed by atoms with Crippen LogP contribution in [0.2, 0.25) is 0 Å². The third-order valence-corrected chi connectivity index (χ3v) is 3.70. The van der Waals surface area contributed by atoms with E-state index in [1.165, 1.54) is 0 Å². The lowest BCUT2D eigenvalue weighted by Gasteiger charge is -2.32. The van der Waals surface area contributed by atoms with Gasteiger partial charge in [0.1, 0.15) is 5.75 Å². The topological polar surface area (TPSA) is 55.6 Å². The fourth-order valence-electron chi connectivity index (χ4n) is 2.54. The number of methoxy groups -OCH3 is 1. The summed E-state index contributed by atoms with van der Waals surface area (Å²) in [6.45, 7) is 9.23. The minimum Gasteiger partial charge on any atom is -0.497 e. The van der Waals surface area contributed by atoms with Crippen molar-refractivity contribution >= 4 is 11.6 Å². The van der Waals surface area contributed by atoms with Crippen LogP contribution in [0.4, 0.5) is 5.69 Å². The van der Waals surface area contributed by atoms with Gasteiger partial charge in [-0.25, -0.2) is 0 Å². The molecule has 2 N–H and O–H groups in total. The van der Waals surface area contributed by atoms with Crippen molar-refractivity contribution in [2.24, 2.45) is 5.92 Å². The standard InChI is InChI=1S/C17H28N2O2/c1-6-13(7-2)19(11-12(3)4)17(20)15-9-8-14(21-5)10-16(15)18/h8-10,12-13H,6-7,11,18H2,1-5H3. The molecule has 0 bridgehead atoms. The highest BCUT2D eigenvalue weighted by Crippen LogP contribution is 2.23. The van der Waals surface area contributed by atoms with Gasteiger partial charge in [0.2, 0.25) is 0 Å². The quantitative estimate of drug-likeness (QED) is 0.782. The third kappa shape index (κ3) is 4.38. The van der Waals surface area contributed by atoms with Crippen molar-refractivity contribution in [3.63, 3.8) is 0 Å². The van der Waals surface area contributed by atoms with Gasteiger partial charge in [0, 0.05) is 24.3 Å². The Morgan fingerprint density at radius 3 is 2.33 bits per heavy atom. The number of rotatable bonds is 7. The average Bonchev–Trinajstić information content (AvgIpc) is 2.46. The van der Waals surface area contributed by atoms with Crippen LogP contribution in [0.5, 0.6) is 5.75 Å². The van der Waals surface area contributed by atoms with Gasteiger partial charge in [0.15, 0.2) is 0 Å². The number of carbonyl (C=O) groups is 1. The zero-order valence-electron chi connectivity index (χ0n) is 13.8. The fourth-order valence-corrected chi connectivity index (χ4v) is 2.54. The van der Waals surface area contributed by atoms with Gasteiger partial charge in [-0.1, -0.05) is 27.7 Å². The Kier molecular flexibility index (Phi) is 6.53. The molecule has 0 unspecified atom stereocenters. The molecule has 1 amide bonds. The summed E-state index contributed by atoms with van der Waals surface area (Å²) in [5.74, 6) is 1.11. The zero-order chi connectivity index (χ0) is 16.0. The molecule has 1 aromatic carbocycles.